The molecule has 0 rings (SSSR count). The summed E-state index contributed by atoms with van der Waals surface area (Å²) in [7, 11) is -4.24. The predicted octanol–water partition coefficient (Wildman–Crippen LogP) is 0.818. The van der Waals surface area contributed by atoms with E-state index in [-0.39, 0.29) is 10.6 Å². The third kappa shape index (κ3) is 3.71. The Labute approximate surface area is 83.3 Å². The topological polar surface area (TPSA) is 83.5 Å². The van der Waals surface area contributed by atoms with Gasteiger partial charge in [0, 0.05) is 5.70 Å². The molecule has 0 radical (unpaired) electrons. The maximum absolute atomic E-state index is 10.9. The van der Waals surface area contributed by atoms with Crippen molar-refractivity contribution in [2.24, 2.45) is 0 Å². The molecule has 0 bridgehead atoms. The molecule has 0 aromatic heterocycles. The second kappa shape index (κ2) is 4.92. The van der Waals surface area contributed by atoms with Gasteiger partial charge in [-0.3, -0.25) is 9.35 Å². The summed E-state index contributed by atoms with van der Waals surface area (Å²) in [4.78, 5) is 10.6. The van der Waals surface area contributed by atoms with Crippen LogP contribution in [-0.2, 0) is 14.9 Å². The third-order valence-electron chi connectivity index (χ3n) is 1.62. The molecule has 14 heavy (non-hydrogen) atoms. The normalized spacial score (nSPS) is 13.1. The highest BCUT2D eigenvalue weighted by atomic mass is 32.2. The van der Waals surface area contributed by atoms with Crippen LogP contribution in [0.25, 0.3) is 0 Å². The molecular weight excluding hydrogens is 206 g/mol. The molecule has 0 fully saturated rings. The molecule has 0 aromatic rings. The van der Waals surface area contributed by atoms with E-state index in [1.165, 1.54) is 6.92 Å². The van der Waals surface area contributed by atoms with Crippen LogP contribution in [0.1, 0.15) is 20.3 Å². The van der Waals surface area contributed by atoms with Crippen LogP contribution in [0.2, 0.25) is 0 Å². The van der Waals surface area contributed by atoms with E-state index in [4.69, 9.17) is 4.55 Å². The van der Waals surface area contributed by atoms with Crippen LogP contribution >= 0.6 is 0 Å². The van der Waals surface area contributed by atoms with Gasteiger partial charge < -0.3 is 5.32 Å². The molecule has 0 aromatic carbocycles. The number of carbonyl (C=O) groups is 1. The highest BCUT2D eigenvalue weighted by Crippen LogP contribution is 2.10. The predicted molar refractivity (Wildman–Crippen MR) is 52.9 cm³/mol. The highest BCUT2D eigenvalue weighted by Gasteiger charge is 2.14. The molecule has 6 heteroatoms. The number of hydrogen-bond acceptors (Lipinski definition) is 3. The van der Waals surface area contributed by atoms with Crippen LogP contribution < -0.4 is 5.32 Å². The fraction of sp³-hybridized carbons (Fsp3) is 0.375. The molecular formula is C8H13NO4S. The zero-order valence-electron chi connectivity index (χ0n) is 8.07. The van der Waals surface area contributed by atoms with Gasteiger partial charge >= 0.3 is 0 Å². The fourth-order valence-corrected chi connectivity index (χ4v) is 1.29. The van der Waals surface area contributed by atoms with Crippen molar-refractivity contribution < 1.29 is 17.8 Å². The van der Waals surface area contributed by atoms with Crippen molar-refractivity contribution >= 4 is 16.0 Å². The summed E-state index contributed by atoms with van der Waals surface area (Å²) in [6.07, 6.45) is 1.32. The number of allylic oxidation sites excluding steroid dienone is 2. The molecule has 0 unspecified atom stereocenters. The lowest BCUT2D eigenvalue weighted by atomic mass is 10.3. The van der Waals surface area contributed by atoms with E-state index >= 15 is 0 Å². The average Bonchev–Trinajstić information content (AvgIpc) is 2.11. The first-order chi connectivity index (χ1) is 6.32. The zero-order chi connectivity index (χ0) is 11.4. The highest BCUT2D eigenvalue weighted by molar-refractivity contribution is 7.89. The summed E-state index contributed by atoms with van der Waals surface area (Å²) >= 11 is 0. The van der Waals surface area contributed by atoms with Crippen molar-refractivity contribution in [2.45, 2.75) is 20.3 Å². The first-order valence-electron chi connectivity index (χ1n) is 3.93. The van der Waals surface area contributed by atoms with E-state index in [9.17, 15) is 13.2 Å². The number of hydrogen-bond donors (Lipinski definition) is 2. The van der Waals surface area contributed by atoms with Crippen molar-refractivity contribution in [3.8, 4) is 0 Å². The Hall–Kier alpha value is -1.14. The minimum absolute atomic E-state index is 0.164. The molecule has 0 saturated heterocycles. The van der Waals surface area contributed by atoms with Crippen LogP contribution in [0.4, 0.5) is 0 Å². The standard InChI is InChI=1S/C8H13NO4S/c1-4-7(9-8(10)5-2)6(3)14(11,12)13/h5H,2,4H2,1,3H3,(H,9,10)(H,11,12,13). The van der Waals surface area contributed by atoms with Crippen molar-refractivity contribution in [3.05, 3.63) is 23.3 Å². The molecule has 1 amide bonds. The van der Waals surface area contributed by atoms with Crippen molar-refractivity contribution in [2.75, 3.05) is 0 Å². The van der Waals surface area contributed by atoms with E-state index in [1.807, 2.05) is 0 Å². The van der Waals surface area contributed by atoms with Crippen molar-refractivity contribution in [1.29, 1.82) is 0 Å². The Morgan fingerprint density at radius 2 is 2.07 bits per heavy atom. The maximum atomic E-state index is 10.9. The molecule has 5 nitrogen and oxygen atoms in total. The molecule has 0 saturated carbocycles. The summed E-state index contributed by atoms with van der Waals surface area (Å²) in [5, 5.41) is 2.31. The van der Waals surface area contributed by atoms with E-state index < -0.39 is 16.0 Å². The van der Waals surface area contributed by atoms with Gasteiger partial charge in [0.1, 0.15) is 0 Å². The second-order valence-electron chi connectivity index (χ2n) is 2.56. The largest absolute Gasteiger partial charge is 0.325 e. The fourth-order valence-electron chi connectivity index (χ4n) is 0.781. The Morgan fingerprint density at radius 3 is 2.36 bits per heavy atom. The summed E-state index contributed by atoms with van der Waals surface area (Å²) < 4.78 is 30.2. The second-order valence-corrected chi connectivity index (χ2v) is 4.12. The van der Waals surface area contributed by atoms with Gasteiger partial charge in [-0.1, -0.05) is 13.5 Å². The molecule has 80 valence electrons. The zero-order valence-corrected chi connectivity index (χ0v) is 8.89. The van der Waals surface area contributed by atoms with E-state index in [0.29, 0.717) is 6.42 Å². The third-order valence-corrected chi connectivity index (χ3v) is 2.65. The Balaban J connectivity index is 5.06. The number of nitrogens with one attached hydrogen (secondary N) is 1. The number of rotatable bonds is 4. The summed E-state index contributed by atoms with van der Waals surface area (Å²) in [6.45, 7) is 6.10. The van der Waals surface area contributed by atoms with Crippen LogP contribution in [0.5, 0.6) is 0 Å². The van der Waals surface area contributed by atoms with Gasteiger partial charge in [0.25, 0.3) is 10.1 Å². The molecule has 0 aliphatic rings. The van der Waals surface area contributed by atoms with Gasteiger partial charge in [0.05, 0.1) is 4.91 Å². The van der Waals surface area contributed by atoms with Crippen LogP contribution in [0, 0.1) is 0 Å². The lowest BCUT2D eigenvalue weighted by Gasteiger charge is -2.08. The molecule has 0 aliphatic heterocycles. The lowest BCUT2D eigenvalue weighted by molar-refractivity contribution is -0.115. The van der Waals surface area contributed by atoms with Crippen LogP contribution in [-0.4, -0.2) is 18.9 Å². The monoisotopic (exact) mass is 219 g/mol. The van der Waals surface area contributed by atoms with Gasteiger partial charge in [0.2, 0.25) is 5.91 Å². The lowest BCUT2D eigenvalue weighted by Crippen LogP contribution is -2.22. The minimum Gasteiger partial charge on any atom is -0.325 e. The Bertz CT molecular complexity index is 367. The maximum Gasteiger partial charge on any atom is 0.292 e. The van der Waals surface area contributed by atoms with Gasteiger partial charge in [0.15, 0.2) is 0 Å². The Morgan fingerprint density at radius 1 is 1.57 bits per heavy atom. The van der Waals surface area contributed by atoms with Crippen molar-refractivity contribution in [1.82, 2.24) is 5.32 Å². The SMILES string of the molecule is C=CC(=O)NC(CC)=C(C)S(=O)(=O)O. The molecule has 0 aliphatic carbocycles. The summed E-state index contributed by atoms with van der Waals surface area (Å²) in [5.41, 5.74) is 0.164. The van der Waals surface area contributed by atoms with Crippen LogP contribution in [0.3, 0.4) is 0 Å². The smallest absolute Gasteiger partial charge is 0.292 e. The first-order valence-corrected chi connectivity index (χ1v) is 5.37. The molecule has 0 spiro atoms. The van der Waals surface area contributed by atoms with Gasteiger partial charge in [-0.05, 0) is 19.4 Å². The molecule has 2 N–H and O–H groups in total. The minimum atomic E-state index is -4.24. The average molecular weight is 219 g/mol. The van der Waals surface area contributed by atoms with E-state index in [2.05, 4.69) is 11.9 Å². The van der Waals surface area contributed by atoms with Crippen molar-refractivity contribution in [3.63, 3.8) is 0 Å². The molecule has 0 atom stereocenters. The summed E-state index contributed by atoms with van der Waals surface area (Å²) in [5.74, 6) is -0.509. The number of amides is 1. The quantitative estimate of drug-likeness (QED) is 0.541. The summed E-state index contributed by atoms with van der Waals surface area (Å²) in [6, 6.07) is 0. The molecule has 0 heterocycles. The van der Waals surface area contributed by atoms with E-state index in [0.717, 1.165) is 6.08 Å². The first kappa shape index (κ1) is 12.9. The van der Waals surface area contributed by atoms with Gasteiger partial charge in [-0.25, -0.2) is 0 Å². The number of carbonyl (C=O) groups excluding carboxylic acids is 1. The van der Waals surface area contributed by atoms with E-state index in [1.54, 1.807) is 6.92 Å². The Kier molecular flexibility index (Phi) is 4.52. The van der Waals surface area contributed by atoms with Gasteiger partial charge in [-0.15, -0.1) is 0 Å². The van der Waals surface area contributed by atoms with Gasteiger partial charge in [-0.2, -0.15) is 8.42 Å². The van der Waals surface area contributed by atoms with Crippen LogP contribution in [0.15, 0.2) is 23.3 Å².